The number of nitrogens with one attached hydrogen (secondary N) is 2. The molecule has 0 aliphatic carbocycles. The Morgan fingerprint density at radius 3 is 2.34 bits per heavy atom. The lowest BCUT2D eigenvalue weighted by Crippen LogP contribution is -2.16. The fraction of sp³-hybridized carbons (Fsp3) is 0.0500. The summed E-state index contributed by atoms with van der Waals surface area (Å²) in [4.78, 5) is 23.0. The Hall–Kier alpha value is -3.72. The van der Waals surface area contributed by atoms with Crippen LogP contribution in [0.5, 0.6) is 0 Å². The fourth-order valence-electron chi connectivity index (χ4n) is 2.68. The standard InChI is InChI=1S/C20H17N3O5S/c1-14-18(11-6-12-19(14)23(25)26)21-20(24)15-7-5-10-17(13-15)29(27,28)22-16-8-3-2-4-9-16/h2-13,22H,1H3,(H,21,24). The van der Waals surface area contributed by atoms with Crippen LogP contribution in [0.2, 0.25) is 0 Å². The Balaban J connectivity index is 1.85. The molecular formula is C20H17N3O5S. The normalized spacial score (nSPS) is 10.9. The minimum atomic E-state index is -3.89. The van der Waals surface area contributed by atoms with Crippen molar-refractivity contribution in [2.45, 2.75) is 11.8 Å². The Bertz CT molecular complexity index is 1180. The molecule has 1 amide bonds. The van der Waals surface area contributed by atoms with Crippen molar-refractivity contribution in [3.05, 3.63) is 94.0 Å². The topological polar surface area (TPSA) is 118 Å². The number of amides is 1. The van der Waals surface area contributed by atoms with Crippen molar-refractivity contribution in [1.29, 1.82) is 0 Å². The van der Waals surface area contributed by atoms with Gasteiger partial charge in [0.2, 0.25) is 0 Å². The van der Waals surface area contributed by atoms with Crippen molar-refractivity contribution in [2.75, 3.05) is 10.0 Å². The Kier molecular flexibility index (Phi) is 5.60. The van der Waals surface area contributed by atoms with E-state index in [2.05, 4.69) is 10.0 Å². The van der Waals surface area contributed by atoms with Crippen LogP contribution in [0.3, 0.4) is 0 Å². The van der Waals surface area contributed by atoms with Crippen LogP contribution in [0, 0.1) is 17.0 Å². The number of benzene rings is 3. The zero-order chi connectivity index (χ0) is 21.0. The summed E-state index contributed by atoms with van der Waals surface area (Å²) in [6.45, 7) is 1.53. The van der Waals surface area contributed by atoms with Gasteiger partial charge in [-0.05, 0) is 43.3 Å². The number of nitrogens with zero attached hydrogens (tertiary/aromatic N) is 1. The fourth-order valence-corrected chi connectivity index (χ4v) is 3.78. The first-order valence-electron chi connectivity index (χ1n) is 8.51. The molecule has 3 aromatic rings. The van der Waals surface area contributed by atoms with E-state index in [1.807, 2.05) is 0 Å². The first-order chi connectivity index (χ1) is 13.8. The Labute approximate surface area is 167 Å². The molecule has 0 aliphatic heterocycles. The van der Waals surface area contributed by atoms with Gasteiger partial charge in [-0.15, -0.1) is 0 Å². The molecule has 0 aromatic heterocycles. The summed E-state index contributed by atoms with van der Waals surface area (Å²) in [5, 5.41) is 13.6. The molecule has 0 fully saturated rings. The quantitative estimate of drug-likeness (QED) is 0.470. The van der Waals surface area contributed by atoms with E-state index in [9.17, 15) is 23.3 Å². The third kappa shape index (κ3) is 4.58. The maximum absolute atomic E-state index is 12.6. The molecule has 29 heavy (non-hydrogen) atoms. The van der Waals surface area contributed by atoms with Crippen LogP contribution < -0.4 is 10.0 Å². The van der Waals surface area contributed by atoms with Crippen molar-refractivity contribution < 1.29 is 18.1 Å². The van der Waals surface area contributed by atoms with Gasteiger partial charge in [-0.2, -0.15) is 0 Å². The van der Waals surface area contributed by atoms with Crippen molar-refractivity contribution in [3.63, 3.8) is 0 Å². The number of carbonyl (C=O) groups is 1. The maximum Gasteiger partial charge on any atom is 0.274 e. The van der Waals surface area contributed by atoms with Crippen LogP contribution >= 0.6 is 0 Å². The lowest BCUT2D eigenvalue weighted by Gasteiger charge is -2.11. The number of rotatable bonds is 6. The molecule has 148 valence electrons. The molecule has 8 nitrogen and oxygen atoms in total. The zero-order valence-electron chi connectivity index (χ0n) is 15.3. The molecule has 3 rings (SSSR count). The highest BCUT2D eigenvalue weighted by atomic mass is 32.2. The van der Waals surface area contributed by atoms with Gasteiger partial charge in [-0.25, -0.2) is 8.42 Å². The first-order valence-corrected chi connectivity index (χ1v) is 9.99. The van der Waals surface area contributed by atoms with E-state index in [0.717, 1.165) is 0 Å². The summed E-state index contributed by atoms with van der Waals surface area (Å²) < 4.78 is 27.6. The summed E-state index contributed by atoms with van der Waals surface area (Å²) in [7, 11) is -3.89. The van der Waals surface area contributed by atoms with Gasteiger partial charge in [0.05, 0.1) is 21.1 Å². The van der Waals surface area contributed by atoms with Crippen molar-refractivity contribution in [2.24, 2.45) is 0 Å². The molecule has 0 unspecified atom stereocenters. The molecule has 0 heterocycles. The molecule has 0 radical (unpaired) electrons. The van der Waals surface area contributed by atoms with Crippen LogP contribution in [0.25, 0.3) is 0 Å². The van der Waals surface area contributed by atoms with Crippen LogP contribution in [0.15, 0.2) is 77.7 Å². The largest absolute Gasteiger partial charge is 0.321 e. The highest BCUT2D eigenvalue weighted by molar-refractivity contribution is 7.92. The number of hydrogen-bond donors (Lipinski definition) is 2. The van der Waals surface area contributed by atoms with Crippen LogP contribution in [0.4, 0.5) is 17.1 Å². The monoisotopic (exact) mass is 411 g/mol. The van der Waals surface area contributed by atoms with Crippen LogP contribution in [0.1, 0.15) is 15.9 Å². The highest BCUT2D eigenvalue weighted by Gasteiger charge is 2.18. The summed E-state index contributed by atoms with van der Waals surface area (Å²) >= 11 is 0. The van der Waals surface area contributed by atoms with Crippen molar-refractivity contribution in [1.82, 2.24) is 0 Å². The summed E-state index contributed by atoms with van der Waals surface area (Å²) in [6, 6.07) is 18.3. The van der Waals surface area contributed by atoms with Crippen LogP contribution in [-0.4, -0.2) is 19.2 Å². The third-order valence-corrected chi connectivity index (χ3v) is 5.56. The number of nitro groups is 1. The molecule has 0 atom stereocenters. The van der Waals surface area contributed by atoms with Gasteiger partial charge in [0.25, 0.3) is 21.6 Å². The summed E-state index contributed by atoms with van der Waals surface area (Å²) in [5.74, 6) is -0.578. The average Bonchev–Trinajstić information content (AvgIpc) is 2.70. The number of hydrogen-bond acceptors (Lipinski definition) is 5. The number of anilines is 2. The van der Waals surface area contributed by atoms with Gasteiger partial charge in [0.1, 0.15) is 0 Å². The molecule has 3 aromatic carbocycles. The lowest BCUT2D eigenvalue weighted by molar-refractivity contribution is -0.385. The minimum Gasteiger partial charge on any atom is -0.321 e. The van der Waals surface area contributed by atoms with Gasteiger partial charge in [0.15, 0.2) is 0 Å². The van der Waals surface area contributed by atoms with E-state index < -0.39 is 20.9 Å². The number of para-hydroxylation sites is 1. The number of sulfonamides is 1. The molecule has 0 aliphatic rings. The van der Waals surface area contributed by atoms with E-state index in [0.29, 0.717) is 11.3 Å². The van der Waals surface area contributed by atoms with E-state index in [-0.39, 0.29) is 21.8 Å². The zero-order valence-corrected chi connectivity index (χ0v) is 16.1. The van der Waals surface area contributed by atoms with E-state index in [4.69, 9.17) is 0 Å². The van der Waals surface area contributed by atoms with E-state index in [1.54, 1.807) is 30.3 Å². The average molecular weight is 411 g/mol. The molecule has 0 saturated heterocycles. The number of nitro benzene ring substituents is 1. The lowest BCUT2D eigenvalue weighted by atomic mass is 10.1. The van der Waals surface area contributed by atoms with Gasteiger partial charge in [0, 0.05) is 17.3 Å². The molecular weight excluding hydrogens is 394 g/mol. The molecule has 0 saturated carbocycles. The maximum atomic E-state index is 12.6. The summed E-state index contributed by atoms with van der Waals surface area (Å²) in [6.07, 6.45) is 0. The molecule has 0 spiro atoms. The van der Waals surface area contributed by atoms with E-state index in [1.165, 1.54) is 49.4 Å². The highest BCUT2D eigenvalue weighted by Crippen LogP contribution is 2.26. The first kappa shape index (κ1) is 20.0. The Morgan fingerprint density at radius 1 is 0.966 bits per heavy atom. The smallest absolute Gasteiger partial charge is 0.274 e. The van der Waals surface area contributed by atoms with Crippen molar-refractivity contribution in [3.8, 4) is 0 Å². The second kappa shape index (κ2) is 8.11. The van der Waals surface area contributed by atoms with E-state index >= 15 is 0 Å². The molecule has 9 heteroatoms. The third-order valence-electron chi connectivity index (χ3n) is 4.18. The SMILES string of the molecule is Cc1c(NC(=O)c2cccc(S(=O)(=O)Nc3ccccc3)c2)cccc1[N+](=O)[O-]. The van der Waals surface area contributed by atoms with Gasteiger partial charge < -0.3 is 5.32 Å². The predicted molar refractivity (Wildman–Crippen MR) is 109 cm³/mol. The second-order valence-electron chi connectivity index (χ2n) is 6.16. The van der Waals surface area contributed by atoms with Crippen LogP contribution in [-0.2, 0) is 10.0 Å². The van der Waals surface area contributed by atoms with Gasteiger partial charge in [-0.1, -0.05) is 30.3 Å². The summed E-state index contributed by atoms with van der Waals surface area (Å²) in [5.41, 5.74) is 0.966. The second-order valence-corrected chi connectivity index (χ2v) is 7.84. The Morgan fingerprint density at radius 2 is 1.66 bits per heavy atom. The predicted octanol–water partition coefficient (Wildman–Crippen LogP) is 3.96. The van der Waals surface area contributed by atoms with Gasteiger partial charge in [-0.3, -0.25) is 19.6 Å². The number of carbonyl (C=O) groups excluding carboxylic acids is 1. The molecule has 2 N–H and O–H groups in total. The minimum absolute atomic E-state index is 0.0789. The van der Waals surface area contributed by atoms with Gasteiger partial charge >= 0.3 is 0 Å². The molecule has 0 bridgehead atoms. The van der Waals surface area contributed by atoms with Crippen molar-refractivity contribution >= 4 is 33.0 Å².